The van der Waals surface area contributed by atoms with E-state index >= 15 is 0 Å². The van der Waals surface area contributed by atoms with E-state index in [4.69, 9.17) is 14.2 Å². The van der Waals surface area contributed by atoms with Gasteiger partial charge in [0.2, 0.25) is 6.79 Å². The van der Waals surface area contributed by atoms with Gasteiger partial charge in [0.1, 0.15) is 5.75 Å². The Bertz CT molecular complexity index is 1060. The van der Waals surface area contributed by atoms with E-state index in [-0.39, 0.29) is 19.1 Å². The quantitative estimate of drug-likeness (QED) is 0.470. The zero-order chi connectivity index (χ0) is 20.4. The summed E-state index contributed by atoms with van der Waals surface area (Å²) in [4.78, 5) is 12.8. The predicted octanol–water partition coefficient (Wildman–Crippen LogP) is 5.02. The fourth-order valence-corrected chi connectivity index (χ4v) is 3.38. The molecule has 0 bridgehead atoms. The van der Waals surface area contributed by atoms with Gasteiger partial charge in [-0.2, -0.15) is 0 Å². The van der Waals surface area contributed by atoms with Crippen molar-refractivity contribution in [3.05, 3.63) is 65.7 Å². The fraction of sp³-hybridized carbons (Fsp3) is 0.174. The number of anilines is 2. The van der Waals surface area contributed by atoms with Gasteiger partial charge in [-0.15, -0.1) is 0 Å². The largest absolute Gasteiger partial charge is 0.506 e. The maximum absolute atomic E-state index is 12.8. The molecule has 0 saturated carbocycles. The van der Waals surface area contributed by atoms with E-state index in [0.29, 0.717) is 33.9 Å². The maximum Gasteiger partial charge on any atom is 0.339 e. The van der Waals surface area contributed by atoms with Crippen LogP contribution in [0.2, 0.25) is 0 Å². The summed E-state index contributed by atoms with van der Waals surface area (Å²) in [6.45, 7) is 3.96. The Morgan fingerprint density at radius 3 is 2.62 bits per heavy atom. The normalized spacial score (nSPS) is 11.9. The lowest BCUT2D eigenvalue weighted by atomic mass is 9.93. The molecule has 6 nitrogen and oxygen atoms in total. The monoisotopic (exact) mass is 391 g/mol. The first-order valence-corrected chi connectivity index (χ1v) is 9.34. The average Bonchev–Trinajstić information content (AvgIpc) is 3.19. The summed E-state index contributed by atoms with van der Waals surface area (Å²) in [6.07, 6.45) is 0. The average molecular weight is 391 g/mol. The number of benzene rings is 3. The summed E-state index contributed by atoms with van der Waals surface area (Å²) in [5, 5.41) is 13.9. The lowest BCUT2D eigenvalue weighted by molar-refractivity contribution is 0.0526. The molecule has 0 radical (unpaired) electrons. The third kappa shape index (κ3) is 3.57. The molecule has 0 atom stereocenters. The minimum atomic E-state index is -0.450. The Balaban J connectivity index is 1.85. The first kappa shape index (κ1) is 18.7. The van der Waals surface area contributed by atoms with E-state index in [2.05, 4.69) is 5.32 Å². The van der Waals surface area contributed by atoms with E-state index in [1.165, 1.54) is 0 Å². The van der Waals surface area contributed by atoms with Gasteiger partial charge in [0, 0.05) is 11.3 Å². The van der Waals surface area contributed by atoms with Crippen molar-refractivity contribution >= 4 is 17.3 Å². The number of esters is 1. The predicted molar refractivity (Wildman–Crippen MR) is 110 cm³/mol. The van der Waals surface area contributed by atoms with Crippen molar-refractivity contribution in [1.82, 2.24) is 0 Å². The van der Waals surface area contributed by atoms with Crippen LogP contribution in [0.15, 0.2) is 54.6 Å². The van der Waals surface area contributed by atoms with Crippen LogP contribution in [-0.2, 0) is 4.74 Å². The number of carbonyl (C=O) groups excluding carboxylic acids is 1. The van der Waals surface area contributed by atoms with Crippen molar-refractivity contribution in [2.24, 2.45) is 0 Å². The third-order valence-electron chi connectivity index (χ3n) is 4.76. The minimum Gasteiger partial charge on any atom is -0.506 e. The summed E-state index contributed by atoms with van der Waals surface area (Å²) in [7, 11) is 0. The van der Waals surface area contributed by atoms with Crippen molar-refractivity contribution in [3.8, 4) is 28.4 Å². The molecule has 6 heteroatoms. The SMILES string of the molecule is CCOC(=O)c1c(-c2ccc3c(c2)OCO3)cc(O)c(Nc2ccccc2)c1C. The second-order valence-corrected chi connectivity index (χ2v) is 6.60. The standard InChI is InChI=1S/C23H21NO5/c1-3-27-23(26)21-14(2)22(24-16-7-5-4-6-8-16)18(25)12-17(21)15-9-10-19-20(11-15)29-13-28-19/h4-12,24-25H,3,13H2,1-2H3. The summed E-state index contributed by atoms with van der Waals surface area (Å²) < 4.78 is 16.1. The number of hydrogen-bond acceptors (Lipinski definition) is 6. The number of aromatic hydroxyl groups is 1. The zero-order valence-corrected chi connectivity index (χ0v) is 16.2. The molecule has 0 fully saturated rings. The Hall–Kier alpha value is -3.67. The number of fused-ring (bicyclic) bond motifs is 1. The van der Waals surface area contributed by atoms with Crippen molar-refractivity contribution in [1.29, 1.82) is 0 Å². The highest BCUT2D eigenvalue weighted by Gasteiger charge is 2.24. The number of hydrogen-bond donors (Lipinski definition) is 2. The molecule has 3 aromatic rings. The second-order valence-electron chi connectivity index (χ2n) is 6.60. The lowest BCUT2D eigenvalue weighted by Gasteiger charge is -2.19. The number of carbonyl (C=O) groups is 1. The van der Waals surface area contributed by atoms with Gasteiger partial charge in [-0.05, 0) is 55.3 Å². The van der Waals surface area contributed by atoms with Crippen LogP contribution in [0.4, 0.5) is 11.4 Å². The van der Waals surface area contributed by atoms with Crippen molar-refractivity contribution in [2.75, 3.05) is 18.7 Å². The fourth-order valence-electron chi connectivity index (χ4n) is 3.38. The first-order chi connectivity index (χ1) is 14.1. The van der Waals surface area contributed by atoms with Gasteiger partial charge < -0.3 is 24.6 Å². The molecule has 1 aliphatic rings. The molecule has 1 heterocycles. The number of ether oxygens (including phenoxy) is 3. The van der Waals surface area contributed by atoms with E-state index in [1.54, 1.807) is 32.0 Å². The van der Waals surface area contributed by atoms with E-state index < -0.39 is 5.97 Å². The first-order valence-electron chi connectivity index (χ1n) is 9.34. The Morgan fingerprint density at radius 2 is 1.86 bits per heavy atom. The number of phenols is 1. The van der Waals surface area contributed by atoms with Crippen LogP contribution in [0, 0.1) is 6.92 Å². The molecular formula is C23H21NO5. The molecule has 4 rings (SSSR count). The summed E-state index contributed by atoms with van der Waals surface area (Å²) in [5.74, 6) is 0.830. The molecule has 3 aromatic carbocycles. The van der Waals surface area contributed by atoms with Gasteiger partial charge in [-0.1, -0.05) is 24.3 Å². The Morgan fingerprint density at radius 1 is 1.10 bits per heavy atom. The van der Waals surface area contributed by atoms with E-state index in [9.17, 15) is 9.90 Å². The van der Waals surface area contributed by atoms with Crippen LogP contribution in [0.1, 0.15) is 22.8 Å². The smallest absolute Gasteiger partial charge is 0.339 e. The van der Waals surface area contributed by atoms with Crippen LogP contribution in [0.3, 0.4) is 0 Å². The summed E-state index contributed by atoms with van der Waals surface area (Å²) >= 11 is 0. The molecule has 0 amide bonds. The molecule has 1 aliphatic heterocycles. The summed E-state index contributed by atoms with van der Waals surface area (Å²) in [6, 6.07) is 16.4. The third-order valence-corrected chi connectivity index (χ3v) is 4.76. The van der Waals surface area contributed by atoms with Gasteiger partial charge in [0.25, 0.3) is 0 Å². The molecular weight excluding hydrogens is 370 g/mol. The lowest BCUT2D eigenvalue weighted by Crippen LogP contribution is -2.10. The van der Waals surface area contributed by atoms with Gasteiger partial charge in [-0.3, -0.25) is 0 Å². The summed E-state index contributed by atoms with van der Waals surface area (Å²) in [5.41, 5.74) is 3.54. The molecule has 0 aliphatic carbocycles. The Labute approximate surface area is 168 Å². The van der Waals surface area contributed by atoms with Gasteiger partial charge in [-0.25, -0.2) is 4.79 Å². The number of para-hydroxylation sites is 1. The molecule has 0 saturated heterocycles. The molecule has 29 heavy (non-hydrogen) atoms. The highest BCUT2D eigenvalue weighted by molar-refractivity contribution is 6.02. The van der Waals surface area contributed by atoms with Gasteiger partial charge in [0.15, 0.2) is 11.5 Å². The van der Waals surface area contributed by atoms with Crippen LogP contribution in [-0.4, -0.2) is 24.5 Å². The molecule has 0 unspecified atom stereocenters. The van der Waals surface area contributed by atoms with Crippen LogP contribution in [0.5, 0.6) is 17.2 Å². The van der Waals surface area contributed by atoms with E-state index in [0.717, 1.165) is 11.3 Å². The maximum atomic E-state index is 12.8. The van der Waals surface area contributed by atoms with Crippen LogP contribution in [0.25, 0.3) is 11.1 Å². The molecule has 2 N–H and O–H groups in total. The van der Waals surface area contributed by atoms with Crippen molar-refractivity contribution in [3.63, 3.8) is 0 Å². The number of nitrogens with one attached hydrogen (secondary N) is 1. The molecule has 148 valence electrons. The molecule has 0 aromatic heterocycles. The minimum absolute atomic E-state index is 0.0343. The van der Waals surface area contributed by atoms with Crippen molar-refractivity contribution < 1.29 is 24.1 Å². The van der Waals surface area contributed by atoms with Gasteiger partial charge in [0.05, 0.1) is 17.9 Å². The highest BCUT2D eigenvalue weighted by atomic mass is 16.7. The topological polar surface area (TPSA) is 77.0 Å². The van der Waals surface area contributed by atoms with Gasteiger partial charge >= 0.3 is 5.97 Å². The zero-order valence-electron chi connectivity index (χ0n) is 16.2. The highest BCUT2D eigenvalue weighted by Crippen LogP contribution is 2.42. The van der Waals surface area contributed by atoms with Crippen molar-refractivity contribution in [2.45, 2.75) is 13.8 Å². The van der Waals surface area contributed by atoms with Crippen LogP contribution >= 0.6 is 0 Å². The molecule has 0 spiro atoms. The number of rotatable bonds is 5. The second kappa shape index (κ2) is 7.75. The van der Waals surface area contributed by atoms with Crippen LogP contribution < -0.4 is 14.8 Å². The van der Waals surface area contributed by atoms with E-state index in [1.807, 2.05) is 36.4 Å². The Kier molecular flexibility index (Phi) is 4.99. The number of phenolic OH excluding ortho intramolecular Hbond substituents is 1.